The molecule has 1 N–H and O–H groups in total. The second-order valence-corrected chi connectivity index (χ2v) is 6.81. The Morgan fingerprint density at radius 2 is 1.74 bits per heavy atom. The largest absolute Gasteiger partial charge is 0.463 e. The molecule has 2 amide bonds. The van der Waals surface area contributed by atoms with Gasteiger partial charge in [-0.1, -0.05) is 6.92 Å². The highest BCUT2D eigenvalue weighted by Crippen LogP contribution is 2.19. The average Bonchev–Trinajstić information content (AvgIpc) is 2.67. The molecule has 1 fully saturated rings. The summed E-state index contributed by atoms with van der Waals surface area (Å²) in [6.07, 6.45) is 2.12. The molecule has 0 unspecified atom stereocenters. The maximum Gasteiger partial charge on any atom is 0.306 e. The molecule has 1 aliphatic heterocycles. The van der Waals surface area contributed by atoms with Crippen LogP contribution in [0.5, 0.6) is 0 Å². The summed E-state index contributed by atoms with van der Waals surface area (Å²) in [6.45, 7) is 4.30. The van der Waals surface area contributed by atoms with Crippen LogP contribution in [0.1, 0.15) is 43.0 Å². The fourth-order valence-electron chi connectivity index (χ4n) is 2.84. The standard InChI is InChI=1S/C20H28N2O5/c1-15-9-11-22(12-10-15)20(25)16-3-5-17(6-4-16)21-18(23)7-8-19(24)27-14-13-26-2/h3-6,15H,7-14H2,1-2H3,(H,21,23). The van der Waals surface area contributed by atoms with Crippen molar-refractivity contribution in [2.75, 3.05) is 38.7 Å². The second kappa shape index (κ2) is 10.7. The summed E-state index contributed by atoms with van der Waals surface area (Å²) in [6, 6.07) is 6.84. The summed E-state index contributed by atoms with van der Waals surface area (Å²) >= 11 is 0. The summed E-state index contributed by atoms with van der Waals surface area (Å²) in [5.74, 6) is -0.00994. The van der Waals surface area contributed by atoms with Crippen LogP contribution in [0.25, 0.3) is 0 Å². The zero-order chi connectivity index (χ0) is 19.6. The first-order chi connectivity index (χ1) is 13.0. The smallest absolute Gasteiger partial charge is 0.306 e. The molecule has 0 bridgehead atoms. The molecule has 148 valence electrons. The van der Waals surface area contributed by atoms with Crippen LogP contribution >= 0.6 is 0 Å². The third-order valence-electron chi connectivity index (χ3n) is 4.59. The highest BCUT2D eigenvalue weighted by atomic mass is 16.6. The molecule has 0 aliphatic carbocycles. The Bertz CT molecular complexity index is 636. The molecule has 0 radical (unpaired) electrons. The van der Waals surface area contributed by atoms with Gasteiger partial charge in [0.25, 0.3) is 5.91 Å². The van der Waals surface area contributed by atoms with Crippen LogP contribution in [0.2, 0.25) is 0 Å². The van der Waals surface area contributed by atoms with E-state index in [1.54, 1.807) is 24.3 Å². The number of hydrogen-bond acceptors (Lipinski definition) is 5. The minimum Gasteiger partial charge on any atom is -0.463 e. The predicted molar refractivity (Wildman–Crippen MR) is 101 cm³/mol. The number of anilines is 1. The molecule has 1 saturated heterocycles. The predicted octanol–water partition coefficient (Wildman–Crippen LogP) is 2.47. The molecule has 1 aromatic carbocycles. The molecule has 2 rings (SSSR count). The van der Waals surface area contributed by atoms with Gasteiger partial charge in [-0.05, 0) is 43.0 Å². The average molecular weight is 376 g/mol. The molecule has 1 heterocycles. The van der Waals surface area contributed by atoms with Gasteiger partial charge in [0.05, 0.1) is 13.0 Å². The lowest BCUT2D eigenvalue weighted by atomic mass is 9.98. The third-order valence-corrected chi connectivity index (χ3v) is 4.59. The van der Waals surface area contributed by atoms with Crippen molar-refractivity contribution in [3.63, 3.8) is 0 Å². The number of nitrogens with zero attached hydrogens (tertiary/aromatic N) is 1. The number of benzene rings is 1. The maximum atomic E-state index is 12.5. The summed E-state index contributed by atoms with van der Waals surface area (Å²) in [5.41, 5.74) is 1.21. The van der Waals surface area contributed by atoms with Crippen LogP contribution < -0.4 is 5.32 Å². The van der Waals surface area contributed by atoms with E-state index in [0.717, 1.165) is 25.9 Å². The Kier molecular flexibility index (Phi) is 8.26. The fraction of sp³-hybridized carbons (Fsp3) is 0.550. The first kappa shape index (κ1) is 20.9. The van der Waals surface area contributed by atoms with Crippen LogP contribution in [0.15, 0.2) is 24.3 Å². The zero-order valence-corrected chi connectivity index (χ0v) is 16.0. The SMILES string of the molecule is COCCOC(=O)CCC(=O)Nc1ccc(C(=O)N2CCC(C)CC2)cc1. The van der Waals surface area contributed by atoms with Crippen molar-refractivity contribution in [1.82, 2.24) is 4.90 Å². The van der Waals surface area contributed by atoms with E-state index in [0.29, 0.717) is 23.8 Å². The van der Waals surface area contributed by atoms with Crippen molar-refractivity contribution in [3.05, 3.63) is 29.8 Å². The van der Waals surface area contributed by atoms with Gasteiger partial charge in [-0.15, -0.1) is 0 Å². The highest BCUT2D eigenvalue weighted by Gasteiger charge is 2.21. The number of carbonyl (C=O) groups is 3. The topological polar surface area (TPSA) is 84.9 Å². The van der Waals surface area contributed by atoms with E-state index in [1.807, 2.05) is 4.90 Å². The second-order valence-electron chi connectivity index (χ2n) is 6.81. The van der Waals surface area contributed by atoms with E-state index in [4.69, 9.17) is 9.47 Å². The minimum atomic E-state index is -0.431. The first-order valence-electron chi connectivity index (χ1n) is 9.33. The number of nitrogens with one attached hydrogen (secondary N) is 1. The monoisotopic (exact) mass is 376 g/mol. The van der Waals surface area contributed by atoms with Gasteiger partial charge in [-0.3, -0.25) is 14.4 Å². The molecular formula is C20H28N2O5. The number of esters is 1. The normalized spacial score (nSPS) is 14.7. The molecule has 1 aliphatic rings. The van der Waals surface area contributed by atoms with Crippen LogP contribution in [-0.2, 0) is 19.1 Å². The number of rotatable bonds is 8. The molecule has 7 nitrogen and oxygen atoms in total. The number of hydrogen-bond donors (Lipinski definition) is 1. The van der Waals surface area contributed by atoms with Crippen molar-refractivity contribution in [1.29, 1.82) is 0 Å². The minimum absolute atomic E-state index is 0.0134. The van der Waals surface area contributed by atoms with Crippen LogP contribution in [0, 0.1) is 5.92 Å². The van der Waals surface area contributed by atoms with Gasteiger partial charge in [-0.2, -0.15) is 0 Å². The van der Waals surface area contributed by atoms with E-state index < -0.39 is 5.97 Å². The molecule has 0 aromatic heterocycles. The van der Waals surface area contributed by atoms with Crippen LogP contribution in [0.4, 0.5) is 5.69 Å². The third kappa shape index (κ3) is 7.02. The Labute approximate surface area is 160 Å². The lowest BCUT2D eigenvalue weighted by Gasteiger charge is -2.30. The van der Waals surface area contributed by atoms with E-state index in [2.05, 4.69) is 12.2 Å². The summed E-state index contributed by atoms with van der Waals surface area (Å²) in [7, 11) is 1.52. The number of methoxy groups -OCH3 is 1. The number of amides is 2. The van der Waals surface area contributed by atoms with Crippen molar-refractivity contribution in [2.24, 2.45) is 5.92 Å². The van der Waals surface area contributed by atoms with Crippen molar-refractivity contribution in [2.45, 2.75) is 32.6 Å². The Morgan fingerprint density at radius 3 is 2.37 bits per heavy atom. The Balaban J connectivity index is 1.77. The van der Waals surface area contributed by atoms with E-state index in [-0.39, 0.29) is 31.3 Å². The highest BCUT2D eigenvalue weighted by molar-refractivity contribution is 5.96. The van der Waals surface area contributed by atoms with Gasteiger partial charge in [0.2, 0.25) is 5.91 Å². The molecular weight excluding hydrogens is 348 g/mol. The van der Waals surface area contributed by atoms with Gasteiger partial charge in [-0.25, -0.2) is 0 Å². The summed E-state index contributed by atoms with van der Waals surface area (Å²) < 4.78 is 9.69. The molecule has 1 aromatic rings. The molecule has 0 saturated carbocycles. The van der Waals surface area contributed by atoms with Crippen LogP contribution in [0.3, 0.4) is 0 Å². The Morgan fingerprint density at radius 1 is 1.07 bits per heavy atom. The molecule has 0 spiro atoms. The Hall–Kier alpha value is -2.41. The maximum absolute atomic E-state index is 12.5. The quantitative estimate of drug-likeness (QED) is 0.556. The first-order valence-corrected chi connectivity index (χ1v) is 9.33. The van der Waals surface area contributed by atoms with Crippen molar-refractivity contribution < 1.29 is 23.9 Å². The van der Waals surface area contributed by atoms with E-state index in [9.17, 15) is 14.4 Å². The molecule has 0 atom stereocenters. The van der Waals surface area contributed by atoms with Gasteiger partial charge in [0.1, 0.15) is 6.61 Å². The van der Waals surface area contributed by atoms with Crippen molar-refractivity contribution >= 4 is 23.5 Å². The lowest BCUT2D eigenvalue weighted by Crippen LogP contribution is -2.37. The zero-order valence-electron chi connectivity index (χ0n) is 16.0. The van der Waals surface area contributed by atoms with Gasteiger partial charge < -0.3 is 19.7 Å². The fourth-order valence-corrected chi connectivity index (χ4v) is 2.84. The molecule has 27 heavy (non-hydrogen) atoms. The van der Waals surface area contributed by atoms with Gasteiger partial charge in [0.15, 0.2) is 0 Å². The van der Waals surface area contributed by atoms with E-state index in [1.165, 1.54) is 7.11 Å². The number of likely N-dealkylation sites (tertiary alicyclic amines) is 1. The van der Waals surface area contributed by atoms with Gasteiger partial charge in [0, 0.05) is 37.9 Å². The van der Waals surface area contributed by atoms with Crippen LogP contribution in [-0.4, -0.2) is 56.1 Å². The summed E-state index contributed by atoms with van der Waals surface area (Å²) in [4.78, 5) is 37.8. The lowest BCUT2D eigenvalue weighted by molar-refractivity contribution is -0.145. The molecule has 7 heteroatoms. The number of carbonyl (C=O) groups excluding carboxylic acids is 3. The summed E-state index contributed by atoms with van der Waals surface area (Å²) in [5, 5.41) is 2.72. The van der Waals surface area contributed by atoms with Crippen molar-refractivity contribution in [3.8, 4) is 0 Å². The van der Waals surface area contributed by atoms with E-state index >= 15 is 0 Å². The van der Waals surface area contributed by atoms with Gasteiger partial charge >= 0.3 is 5.97 Å². The number of ether oxygens (including phenoxy) is 2. The number of piperidine rings is 1.